The summed E-state index contributed by atoms with van der Waals surface area (Å²) in [4.78, 5) is 25.9. The van der Waals surface area contributed by atoms with E-state index in [0.717, 1.165) is 31.4 Å². The molecule has 1 saturated carbocycles. The Balaban J connectivity index is 1.65. The number of amides is 1. The van der Waals surface area contributed by atoms with Crippen molar-refractivity contribution in [3.8, 4) is 0 Å². The second kappa shape index (κ2) is 6.37. The number of hydrogen-bond acceptors (Lipinski definition) is 2. The van der Waals surface area contributed by atoms with Gasteiger partial charge >= 0.3 is 0 Å². The maximum absolute atomic E-state index is 13.1. The van der Waals surface area contributed by atoms with Crippen LogP contribution in [-0.4, -0.2) is 29.2 Å². The van der Waals surface area contributed by atoms with E-state index in [1.165, 1.54) is 12.1 Å². The van der Waals surface area contributed by atoms with Gasteiger partial charge in [-0.15, -0.1) is 0 Å². The zero-order chi connectivity index (χ0) is 15.7. The lowest BCUT2D eigenvalue weighted by atomic mass is 9.93. The van der Waals surface area contributed by atoms with Crippen LogP contribution in [0, 0.1) is 11.7 Å². The number of carbonyl (C=O) groups excluding carboxylic acids is 2. The van der Waals surface area contributed by atoms with E-state index >= 15 is 0 Å². The Hall–Kier alpha value is -1.42. The fourth-order valence-corrected chi connectivity index (χ4v) is 3.75. The molecule has 1 atom stereocenters. The Bertz CT molecular complexity index is 594. The second-order valence-corrected chi connectivity index (χ2v) is 6.63. The summed E-state index contributed by atoms with van der Waals surface area (Å²) < 4.78 is 13.1. The molecule has 1 aromatic rings. The van der Waals surface area contributed by atoms with Crippen LogP contribution in [0.4, 0.5) is 4.39 Å². The van der Waals surface area contributed by atoms with Crippen LogP contribution in [0.1, 0.15) is 37.7 Å². The van der Waals surface area contributed by atoms with Crippen LogP contribution in [0.2, 0.25) is 5.02 Å². The molecule has 0 radical (unpaired) electrons. The molecule has 118 valence electrons. The summed E-state index contributed by atoms with van der Waals surface area (Å²) in [6.07, 6.45) is 4.10. The minimum absolute atomic E-state index is 0.0828. The van der Waals surface area contributed by atoms with Gasteiger partial charge in [0.05, 0.1) is 0 Å². The zero-order valence-corrected chi connectivity index (χ0v) is 13.1. The molecular formula is C17H19ClFNO2. The molecule has 1 unspecified atom stereocenters. The summed E-state index contributed by atoms with van der Waals surface area (Å²) in [7, 11) is 0. The second-order valence-electron chi connectivity index (χ2n) is 6.23. The summed E-state index contributed by atoms with van der Waals surface area (Å²) in [5, 5.41) is 0.384. The number of hydrogen-bond donors (Lipinski definition) is 0. The third-order valence-electron chi connectivity index (χ3n) is 4.79. The number of nitrogens with zero attached hydrogens (tertiary/aromatic N) is 1. The van der Waals surface area contributed by atoms with Crippen LogP contribution < -0.4 is 0 Å². The van der Waals surface area contributed by atoms with Gasteiger partial charge < -0.3 is 4.90 Å². The van der Waals surface area contributed by atoms with Crippen molar-refractivity contribution < 1.29 is 14.0 Å². The first-order chi connectivity index (χ1) is 10.5. The average molecular weight is 324 g/mol. The summed E-state index contributed by atoms with van der Waals surface area (Å²) in [5.74, 6) is 0.0119. The third-order valence-corrected chi connectivity index (χ3v) is 5.14. The molecule has 1 amide bonds. The monoisotopic (exact) mass is 323 g/mol. The molecule has 0 N–H and O–H groups in total. The van der Waals surface area contributed by atoms with E-state index in [1.54, 1.807) is 6.07 Å². The van der Waals surface area contributed by atoms with Crippen molar-refractivity contribution in [3.05, 3.63) is 34.6 Å². The molecule has 1 saturated heterocycles. The third kappa shape index (κ3) is 3.17. The highest BCUT2D eigenvalue weighted by molar-refractivity contribution is 6.31. The Morgan fingerprint density at radius 2 is 1.91 bits per heavy atom. The van der Waals surface area contributed by atoms with Crippen molar-refractivity contribution in [1.82, 2.24) is 4.90 Å². The predicted molar refractivity (Wildman–Crippen MR) is 82.2 cm³/mol. The largest absolute Gasteiger partial charge is 0.339 e. The molecule has 0 bridgehead atoms. The summed E-state index contributed by atoms with van der Waals surface area (Å²) in [6, 6.07) is 4.54. The van der Waals surface area contributed by atoms with Crippen molar-refractivity contribution in [2.75, 3.05) is 6.54 Å². The minimum Gasteiger partial charge on any atom is -0.339 e. The van der Waals surface area contributed by atoms with Crippen LogP contribution in [0.5, 0.6) is 0 Å². The molecule has 3 nitrogen and oxygen atoms in total. The quantitative estimate of drug-likeness (QED) is 0.855. The fourth-order valence-electron chi connectivity index (χ4n) is 3.50. The average Bonchev–Trinajstić information content (AvgIpc) is 2.84. The van der Waals surface area contributed by atoms with E-state index in [2.05, 4.69) is 0 Å². The highest BCUT2D eigenvalue weighted by Gasteiger charge is 2.37. The van der Waals surface area contributed by atoms with Crippen molar-refractivity contribution in [2.45, 2.75) is 44.6 Å². The lowest BCUT2D eigenvalue weighted by Gasteiger charge is -2.30. The van der Waals surface area contributed by atoms with Crippen LogP contribution in [0.25, 0.3) is 0 Å². The zero-order valence-electron chi connectivity index (χ0n) is 12.4. The number of ketones is 1. The predicted octanol–water partition coefficient (Wildman–Crippen LogP) is 3.38. The maximum Gasteiger partial charge on any atom is 0.226 e. The van der Waals surface area contributed by atoms with Gasteiger partial charge in [0.1, 0.15) is 11.6 Å². The normalized spacial score (nSPS) is 23.4. The molecule has 1 aliphatic carbocycles. The van der Waals surface area contributed by atoms with E-state index in [1.807, 2.05) is 4.90 Å². The molecule has 3 rings (SSSR count). The van der Waals surface area contributed by atoms with Gasteiger partial charge in [0.25, 0.3) is 0 Å². The van der Waals surface area contributed by atoms with Crippen LogP contribution >= 0.6 is 11.6 Å². The Labute approximate surface area is 134 Å². The van der Waals surface area contributed by atoms with Crippen LogP contribution in [0.15, 0.2) is 18.2 Å². The number of carbonyl (C=O) groups is 2. The van der Waals surface area contributed by atoms with E-state index in [4.69, 9.17) is 11.6 Å². The summed E-state index contributed by atoms with van der Waals surface area (Å²) in [6.45, 7) is 0.751. The van der Waals surface area contributed by atoms with Gasteiger partial charge in [0.2, 0.25) is 5.91 Å². The number of rotatable bonds is 3. The Kier molecular flexibility index (Phi) is 4.48. The minimum atomic E-state index is -0.361. The standard InChI is InChI=1S/C17H19ClFNO2/c18-16-10-13(19)2-1-11(16)9-12-7-8-20(17(12)22)14-3-5-15(21)6-4-14/h1-2,10,12,14H,3-9H2. The lowest BCUT2D eigenvalue weighted by Crippen LogP contribution is -2.40. The molecule has 1 heterocycles. The molecule has 1 aliphatic heterocycles. The first-order valence-corrected chi connectivity index (χ1v) is 8.18. The first kappa shape index (κ1) is 15.5. The van der Waals surface area contributed by atoms with Gasteiger partial charge in [-0.25, -0.2) is 4.39 Å². The van der Waals surface area contributed by atoms with Gasteiger partial charge in [-0.2, -0.15) is 0 Å². The van der Waals surface area contributed by atoms with E-state index in [9.17, 15) is 14.0 Å². The number of benzene rings is 1. The van der Waals surface area contributed by atoms with Crippen molar-refractivity contribution in [2.24, 2.45) is 5.92 Å². The molecule has 0 aromatic heterocycles. The molecule has 2 fully saturated rings. The molecule has 5 heteroatoms. The van der Waals surface area contributed by atoms with Crippen LogP contribution in [-0.2, 0) is 16.0 Å². The van der Waals surface area contributed by atoms with E-state index < -0.39 is 0 Å². The Morgan fingerprint density at radius 3 is 2.59 bits per heavy atom. The van der Waals surface area contributed by atoms with Gasteiger partial charge in [-0.3, -0.25) is 9.59 Å². The van der Waals surface area contributed by atoms with Gasteiger partial charge in [0, 0.05) is 36.4 Å². The first-order valence-electron chi connectivity index (χ1n) is 7.80. The van der Waals surface area contributed by atoms with Gasteiger partial charge in [0.15, 0.2) is 0 Å². The Morgan fingerprint density at radius 1 is 1.18 bits per heavy atom. The summed E-state index contributed by atoms with van der Waals surface area (Å²) >= 11 is 6.05. The van der Waals surface area contributed by atoms with E-state index in [-0.39, 0.29) is 23.7 Å². The maximum atomic E-state index is 13.1. The number of halogens is 2. The molecule has 1 aromatic carbocycles. The fraction of sp³-hybridized carbons (Fsp3) is 0.529. The molecule has 0 spiro atoms. The van der Waals surface area contributed by atoms with Gasteiger partial charge in [-0.1, -0.05) is 17.7 Å². The smallest absolute Gasteiger partial charge is 0.226 e. The van der Waals surface area contributed by atoms with Gasteiger partial charge in [-0.05, 0) is 43.4 Å². The highest BCUT2D eigenvalue weighted by atomic mass is 35.5. The molecular weight excluding hydrogens is 305 g/mol. The number of likely N-dealkylation sites (tertiary alicyclic amines) is 1. The molecule has 22 heavy (non-hydrogen) atoms. The van der Waals surface area contributed by atoms with Crippen LogP contribution in [0.3, 0.4) is 0 Å². The summed E-state index contributed by atoms with van der Waals surface area (Å²) in [5.41, 5.74) is 0.821. The topological polar surface area (TPSA) is 37.4 Å². The van der Waals surface area contributed by atoms with E-state index in [0.29, 0.717) is 30.1 Å². The number of Topliss-reactive ketones (excluding diaryl/α,β-unsaturated/α-hetero) is 1. The highest BCUT2D eigenvalue weighted by Crippen LogP contribution is 2.31. The SMILES string of the molecule is O=C1CCC(N2CCC(Cc3ccc(F)cc3Cl)C2=O)CC1. The molecule has 2 aliphatic rings. The lowest BCUT2D eigenvalue weighted by molar-refractivity contribution is -0.135. The van der Waals surface area contributed by atoms with Crippen molar-refractivity contribution in [1.29, 1.82) is 0 Å². The van der Waals surface area contributed by atoms with Crippen molar-refractivity contribution in [3.63, 3.8) is 0 Å². The van der Waals surface area contributed by atoms with Crippen molar-refractivity contribution >= 4 is 23.3 Å².